The van der Waals surface area contributed by atoms with E-state index in [9.17, 15) is 0 Å². The monoisotopic (exact) mass is 212 g/mol. The maximum atomic E-state index is 4.31. The lowest BCUT2D eigenvalue weighted by atomic mass is 10.1. The molecule has 59 valence electrons. The van der Waals surface area contributed by atoms with E-state index in [1.807, 2.05) is 12.1 Å². The van der Waals surface area contributed by atoms with E-state index in [0.29, 0.717) is 5.92 Å². The van der Waals surface area contributed by atoms with Crippen LogP contribution in [0.3, 0.4) is 0 Å². The van der Waals surface area contributed by atoms with Gasteiger partial charge in [-0.15, -0.1) is 0 Å². The molecule has 0 aliphatic carbocycles. The first kappa shape index (κ1) is 8.72. The van der Waals surface area contributed by atoms with E-state index >= 15 is 0 Å². The van der Waals surface area contributed by atoms with Gasteiger partial charge in [-0.05, 0) is 40.9 Å². The molecule has 0 aliphatic rings. The number of hydrogen-bond donors (Lipinski definition) is 0. The summed E-state index contributed by atoms with van der Waals surface area (Å²) in [6.07, 6.45) is 0. The highest BCUT2D eigenvalue weighted by Crippen LogP contribution is 2.17. The van der Waals surface area contributed by atoms with Crippen LogP contribution in [0.2, 0.25) is 0 Å². The van der Waals surface area contributed by atoms with Crippen LogP contribution in [-0.4, -0.2) is 4.98 Å². The molecule has 0 spiro atoms. The van der Waals surface area contributed by atoms with Gasteiger partial charge in [0.2, 0.25) is 0 Å². The molecule has 1 aromatic heterocycles. The zero-order chi connectivity index (χ0) is 8.43. The summed E-state index contributed by atoms with van der Waals surface area (Å²) in [6, 6.07) is 4.01. The van der Waals surface area contributed by atoms with E-state index in [1.165, 1.54) is 0 Å². The van der Waals surface area contributed by atoms with Crippen LogP contribution in [0.4, 0.5) is 0 Å². The van der Waals surface area contributed by atoms with Crippen molar-refractivity contribution >= 4 is 15.9 Å². The van der Waals surface area contributed by atoms with Crippen LogP contribution in [0.25, 0.3) is 0 Å². The minimum atomic E-state index is 0.476. The van der Waals surface area contributed by atoms with E-state index in [1.54, 1.807) is 0 Å². The molecule has 0 saturated carbocycles. The van der Waals surface area contributed by atoms with Crippen LogP contribution < -0.4 is 0 Å². The van der Waals surface area contributed by atoms with E-state index < -0.39 is 0 Å². The smallest absolute Gasteiger partial charge is 0.0552 e. The molecule has 1 nitrogen and oxygen atoms in total. The van der Waals surface area contributed by atoms with Gasteiger partial charge in [-0.1, -0.05) is 13.8 Å². The molecular formula is C9H11BrN. The normalized spacial score (nSPS) is 10.6. The minimum absolute atomic E-state index is 0.476. The lowest BCUT2D eigenvalue weighted by molar-refractivity contribution is 0.818. The predicted octanol–water partition coefficient (Wildman–Crippen LogP) is 3.15. The van der Waals surface area contributed by atoms with E-state index in [4.69, 9.17) is 0 Å². The average molecular weight is 213 g/mol. The first-order chi connectivity index (χ1) is 5.11. The van der Waals surface area contributed by atoms with Crippen LogP contribution >= 0.6 is 15.9 Å². The number of halogens is 1. The van der Waals surface area contributed by atoms with Gasteiger partial charge in [0.05, 0.1) is 5.69 Å². The second kappa shape index (κ2) is 3.35. The molecule has 0 N–H and O–H groups in total. The van der Waals surface area contributed by atoms with Crippen molar-refractivity contribution in [2.24, 2.45) is 0 Å². The molecule has 0 atom stereocenters. The third-order valence-corrected chi connectivity index (χ3v) is 2.25. The van der Waals surface area contributed by atoms with Gasteiger partial charge < -0.3 is 0 Å². The third kappa shape index (κ3) is 2.03. The van der Waals surface area contributed by atoms with Crippen LogP contribution in [0.1, 0.15) is 31.2 Å². The van der Waals surface area contributed by atoms with Crippen molar-refractivity contribution in [3.8, 4) is 0 Å². The van der Waals surface area contributed by atoms with Crippen molar-refractivity contribution < 1.29 is 0 Å². The van der Waals surface area contributed by atoms with Crippen molar-refractivity contribution in [3.05, 3.63) is 34.9 Å². The summed E-state index contributed by atoms with van der Waals surface area (Å²) in [7, 11) is 0. The molecule has 11 heavy (non-hydrogen) atoms. The Morgan fingerprint density at radius 3 is 2.55 bits per heavy atom. The molecule has 0 saturated heterocycles. The molecule has 1 rings (SSSR count). The molecule has 1 heterocycles. The highest BCUT2D eigenvalue weighted by molar-refractivity contribution is 9.10. The Balaban J connectivity index is 3.05. The third-order valence-electron chi connectivity index (χ3n) is 1.53. The second-order valence-corrected chi connectivity index (χ2v) is 3.67. The summed E-state index contributed by atoms with van der Waals surface area (Å²) < 4.78 is 0.974. The highest BCUT2D eigenvalue weighted by Gasteiger charge is 2.01. The van der Waals surface area contributed by atoms with Crippen LogP contribution in [0, 0.1) is 6.92 Å². The fourth-order valence-corrected chi connectivity index (χ4v) is 1.04. The Morgan fingerprint density at radius 2 is 2.09 bits per heavy atom. The summed E-state index contributed by atoms with van der Waals surface area (Å²) in [4.78, 5) is 4.31. The first-order valence-electron chi connectivity index (χ1n) is 3.59. The summed E-state index contributed by atoms with van der Waals surface area (Å²) in [6.45, 7) is 8.05. The zero-order valence-electron chi connectivity index (χ0n) is 6.76. The Kier molecular flexibility index (Phi) is 2.66. The largest absolute Gasteiger partial charge is 0.256 e. The van der Waals surface area contributed by atoms with Gasteiger partial charge in [-0.2, -0.15) is 0 Å². The number of rotatable bonds is 1. The molecule has 1 radical (unpaired) electrons. The van der Waals surface area contributed by atoms with Crippen molar-refractivity contribution in [3.63, 3.8) is 0 Å². The summed E-state index contributed by atoms with van der Waals surface area (Å²) in [5.41, 5.74) is 1.91. The fraction of sp³-hybridized carbons (Fsp3) is 0.333. The Labute approximate surface area is 76.0 Å². The minimum Gasteiger partial charge on any atom is -0.256 e. The standard InChI is InChI=1S/C9H11BrN/c1-6(2)9-5-4-8(10)7(3)11-9/h4-6H,3H2,1-2H3. The van der Waals surface area contributed by atoms with Crippen molar-refractivity contribution in [2.45, 2.75) is 19.8 Å². The molecular weight excluding hydrogens is 202 g/mol. The number of nitrogens with zero attached hydrogens (tertiary/aromatic N) is 1. The van der Waals surface area contributed by atoms with E-state index in [-0.39, 0.29) is 0 Å². The zero-order valence-corrected chi connectivity index (χ0v) is 8.35. The number of aromatic nitrogens is 1. The van der Waals surface area contributed by atoms with Crippen LogP contribution in [0.15, 0.2) is 16.6 Å². The molecule has 0 aromatic carbocycles. The van der Waals surface area contributed by atoms with Crippen molar-refractivity contribution in [2.75, 3.05) is 0 Å². The van der Waals surface area contributed by atoms with Gasteiger partial charge in [0.25, 0.3) is 0 Å². The lowest BCUT2D eigenvalue weighted by Crippen LogP contribution is -1.94. The Hall–Kier alpha value is -0.370. The quantitative estimate of drug-likeness (QED) is 0.698. The summed E-state index contributed by atoms with van der Waals surface area (Å²) >= 11 is 3.35. The number of pyridine rings is 1. The van der Waals surface area contributed by atoms with Crippen LogP contribution in [0.5, 0.6) is 0 Å². The molecule has 2 heteroatoms. The predicted molar refractivity (Wildman–Crippen MR) is 50.5 cm³/mol. The molecule has 0 bridgehead atoms. The Morgan fingerprint density at radius 1 is 1.45 bits per heavy atom. The van der Waals surface area contributed by atoms with E-state index in [0.717, 1.165) is 15.9 Å². The SMILES string of the molecule is [CH2]c1nc(C(C)C)ccc1Br. The van der Waals surface area contributed by atoms with Gasteiger partial charge in [-0.25, -0.2) is 0 Å². The molecule has 0 amide bonds. The van der Waals surface area contributed by atoms with Crippen molar-refractivity contribution in [1.82, 2.24) is 4.98 Å². The fourth-order valence-electron chi connectivity index (χ4n) is 0.823. The molecule has 0 unspecified atom stereocenters. The second-order valence-electron chi connectivity index (χ2n) is 2.82. The van der Waals surface area contributed by atoms with E-state index in [2.05, 4.69) is 41.7 Å². The molecule has 0 fully saturated rings. The lowest BCUT2D eigenvalue weighted by Gasteiger charge is -2.05. The topological polar surface area (TPSA) is 12.9 Å². The van der Waals surface area contributed by atoms with Gasteiger partial charge >= 0.3 is 0 Å². The molecule has 1 aromatic rings. The Bertz CT molecular complexity index is 256. The van der Waals surface area contributed by atoms with Gasteiger partial charge in [0.1, 0.15) is 0 Å². The number of hydrogen-bond acceptors (Lipinski definition) is 1. The summed E-state index contributed by atoms with van der Waals surface area (Å²) in [5, 5.41) is 0. The maximum absolute atomic E-state index is 4.31. The summed E-state index contributed by atoms with van der Waals surface area (Å²) in [5.74, 6) is 0.476. The average Bonchev–Trinajstić information content (AvgIpc) is 1.94. The van der Waals surface area contributed by atoms with Gasteiger partial charge in [0.15, 0.2) is 0 Å². The first-order valence-corrected chi connectivity index (χ1v) is 4.39. The van der Waals surface area contributed by atoms with Crippen molar-refractivity contribution in [1.29, 1.82) is 0 Å². The van der Waals surface area contributed by atoms with Gasteiger partial charge in [0, 0.05) is 10.2 Å². The highest BCUT2D eigenvalue weighted by atomic mass is 79.9. The maximum Gasteiger partial charge on any atom is 0.0552 e. The van der Waals surface area contributed by atoms with Crippen LogP contribution in [-0.2, 0) is 0 Å². The molecule has 0 aliphatic heterocycles. The van der Waals surface area contributed by atoms with Gasteiger partial charge in [-0.3, -0.25) is 4.98 Å².